The normalized spacial score (nSPS) is 11.7. The number of benzene rings is 1. The van der Waals surface area contributed by atoms with Crippen molar-refractivity contribution in [3.8, 4) is 5.75 Å². The van der Waals surface area contributed by atoms with Crippen molar-refractivity contribution in [3.05, 3.63) is 34.4 Å². The van der Waals surface area contributed by atoms with Crippen molar-refractivity contribution >= 4 is 11.6 Å². The van der Waals surface area contributed by atoms with Gasteiger partial charge < -0.3 is 9.47 Å². The first-order valence-corrected chi connectivity index (χ1v) is 4.99. The summed E-state index contributed by atoms with van der Waals surface area (Å²) in [5, 5.41) is 10.6. The van der Waals surface area contributed by atoms with Gasteiger partial charge >= 0.3 is 0 Å². The maximum atomic E-state index is 11.4. The molecule has 8 nitrogen and oxygen atoms in total. The second kappa shape index (κ2) is 6.52. The molecule has 0 aliphatic rings. The molecule has 8 heteroatoms. The van der Waals surface area contributed by atoms with Crippen LogP contribution in [-0.4, -0.2) is 30.7 Å². The van der Waals surface area contributed by atoms with Crippen molar-refractivity contribution in [2.24, 2.45) is 5.84 Å². The molecular weight excluding hydrogens is 242 g/mol. The predicted octanol–water partition coefficient (Wildman–Crippen LogP) is -0.0215. The lowest BCUT2D eigenvalue weighted by Gasteiger charge is -2.16. The van der Waals surface area contributed by atoms with E-state index in [2.05, 4.69) is 0 Å². The minimum Gasteiger partial charge on any atom is -0.478 e. The maximum Gasteiger partial charge on any atom is 0.277 e. The first-order valence-electron chi connectivity index (χ1n) is 4.99. The molecule has 0 heterocycles. The van der Waals surface area contributed by atoms with Gasteiger partial charge in [0, 0.05) is 13.2 Å². The number of rotatable bonds is 6. The van der Waals surface area contributed by atoms with Gasteiger partial charge in [-0.15, -0.1) is 0 Å². The molecule has 1 aromatic rings. The fourth-order valence-electron chi connectivity index (χ4n) is 1.24. The Kier molecular flexibility index (Phi) is 5.03. The maximum absolute atomic E-state index is 11.4. The van der Waals surface area contributed by atoms with Gasteiger partial charge in [0.15, 0.2) is 0 Å². The van der Waals surface area contributed by atoms with E-state index < -0.39 is 16.9 Å². The Morgan fingerprint density at radius 1 is 1.61 bits per heavy atom. The molecule has 1 unspecified atom stereocenters. The number of hydrogen-bond donors (Lipinski definition) is 2. The molecule has 1 atom stereocenters. The fraction of sp³-hybridized carbons (Fsp3) is 0.300. The van der Waals surface area contributed by atoms with Gasteiger partial charge in [-0.2, -0.15) is 0 Å². The van der Waals surface area contributed by atoms with E-state index in [4.69, 9.17) is 15.3 Å². The molecule has 0 fully saturated rings. The molecule has 18 heavy (non-hydrogen) atoms. The summed E-state index contributed by atoms with van der Waals surface area (Å²) in [5.74, 6) is 4.60. The van der Waals surface area contributed by atoms with Gasteiger partial charge in [-0.1, -0.05) is 6.07 Å². The number of hydrogen-bond acceptors (Lipinski definition) is 6. The van der Waals surface area contributed by atoms with Crippen LogP contribution in [-0.2, 0) is 9.53 Å². The fourth-order valence-corrected chi connectivity index (χ4v) is 1.24. The average Bonchev–Trinajstić information content (AvgIpc) is 2.37. The number of nitrogens with two attached hydrogens (primary N) is 1. The molecule has 0 aromatic heterocycles. The van der Waals surface area contributed by atoms with Crippen LogP contribution in [0.15, 0.2) is 24.3 Å². The van der Waals surface area contributed by atoms with Gasteiger partial charge in [0.2, 0.25) is 6.10 Å². The van der Waals surface area contributed by atoms with E-state index in [1.54, 1.807) is 0 Å². The van der Waals surface area contributed by atoms with E-state index in [1.807, 2.05) is 5.43 Å². The molecule has 0 spiro atoms. The van der Waals surface area contributed by atoms with Gasteiger partial charge in [-0.05, 0) is 6.07 Å². The first kappa shape index (κ1) is 13.9. The van der Waals surface area contributed by atoms with E-state index in [-0.39, 0.29) is 18.0 Å². The van der Waals surface area contributed by atoms with Crippen LogP contribution >= 0.6 is 0 Å². The zero-order chi connectivity index (χ0) is 13.5. The second-order valence-electron chi connectivity index (χ2n) is 3.32. The van der Waals surface area contributed by atoms with Gasteiger partial charge in [-0.3, -0.25) is 20.3 Å². The molecule has 1 aromatic carbocycles. The Balaban J connectivity index is 2.83. The number of nitrogens with zero attached hydrogens (tertiary/aromatic N) is 1. The summed E-state index contributed by atoms with van der Waals surface area (Å²) >= 11 is 0. The lowest BCUT2D eigenvalue weighted by Crippen LogP contribution is -2.44. The molecule has 0 radical (unpaired) electrons. The van der Waals surface area contributed by atoms with Crippen LogP contribution in [0.1, 0.15) is 0 Å². The van der Waals surface area contributed by atoms with Crippen LogP contribution < -0.4 is 16.0 Å². The number of methoxy groups -OCH3 is 1. The average molecular weight is 255 g/mol. The molecule has 0 saturated carbocycles. The first-order chi connectivity index (χ1) is 8.58. The van der Waals surface area contributed by atoms with E-state index >= 15 is 0 Å². The minimum atomic E-state index is -0.970. The summed E-state index contributed by atoms with van der Waals surface area (Å²) in [6.45, 7) is -0.0221. The Morgan fingerprint density at radius 2 is 2.33 bits per heavy atom. The van der Waals surface area contributed by atoms with Crippen LogP contribution in [0.5, 0.6) is 5.75 Å². The number of nitro groups is 1. The number of carbonyl (C=O) groups excluding carboxylic acids is 1. The minimum absolute atomic E-state index is 0.0221. The molecule has 0 bridgehead atoms. The van der Waals surface area contributed by atoms with E-state index in [9.17, 15) is 14.9 Å². The number of hydrazine groups is 1. The van der Waals surface area contributed by atoms with E-state index in [0.29, 0.717) is 0 Å². The van der Waals surface area contributed by atoms with Crippen molar-refractivity contribution < 1.29 is 19.2 Å². The highest BCUT2D eigenvalue weighted by molar-refractivity contribution is 5.80. The predicted molar refractivity (Wildman–Crippen MR) is 61.7 cm³/mol. The molecule has 0 aliphatic heterocycles. The highest BCUT2D eigenvalue weighted by Gasteiger charge is 2.20. The summed E-state index contributed by atoms with van der Waals surface area (Å²) < 4.78 is 10.1. The van der Waals surface area contributed by atoms with Crippen molar-refractivity contribution in [1.29, 1.82) is 0 Å². The highest BCUT2D eigenvalue weighted by atomic mass is 16.6. The Bertz CT molecular complexity index is 437. The molecular formula is C10H13N3O5. The lowest BCUT2D eigenvalue weighted by atomic mass is 10.3. The molecule has 98 valence electrons. The molecule has 3 N–H and O–H groups in total. The van der Waals surface area contributed by atoms with Crippen molar-refractivity contribution in [2.75, 3.05) is 13.7 Å². The third-order valence-corrected chi connectivity index (χ3v) is 2.06. The van der Waals surface area contributed by atoms with Crippen molar-refractivity contribution in [2.45, 2.75) is 6.10 Å². The summed E-state index contributed by atoms with van der Waals surface area (Å²) in [5.41, 5.74) is 1.80. The number of nitrogens with one attached hydrogen (secondary N) is 1. The third kappa shape index (κ3) is 3.68. The van der Waals surface area contributed by atoms with Crippen molar-refractivity contribution in [3.63, 3.8) is 0 Å². The lowest BCUT2D eigenvalue weighted by molar-refractivity contribution is -0.384. The molecule has 1 amide bonds. The Morgan fingerprint density at radius 3 is 2.89 bits per heavy atom. The van der Waals surface area contributed by atoms with Gasteiger partial charge in [0.25, 0.3) is 11.6 Å². The van der Waals surface area contributed by atoms with E-state index in [1.165, 1.54) is 31.4 Å². The smallest absolute Gasteiger partial charge is 0.277 e. The number of nitro benzene ring substituents is 1. The Hall–Kier alpha value is -2.19. The Labute approximate surface area is 103 Å². The zero-order valence-corrected chi connectivity index (χ0v) is 9.66. The van der Waals surface area contributed by atoms with Gasteiger partial charge in [0.05, 0.1) is 17.6 Å². The van der Waals surface area contributed by atoms with Crippen LogP contribution in [0.2, 0.25) is 0 Å². The van der Waals surface area contributed by atoms with Crippen LogP contribution in [0.25, 0.3) is 0 Å². The third-order valence-electron chi connectivity index (χ3n) is 2.06. The summed E-state index contributed by atoms with van der Waals surface area (Å²) in [7, 11) is 1.40. The zero-order valence-electron chi connectivity index (χ0n) is 9.66. The summed E-state index contributed by atoms with van der Waals surface area (Å²) in [4.78, 5) is 21.4. The van der Waals surface area contributed by atoms with Crippen LogP contribution in [0, 0.1) is 10.1 Å². The van der Waals surface area contributed by atoms with E-state index in [0.717, 1.165) is 0 Å². The van der Waals surface area contributed by atoms with Gasteiger partial charge in [0.1, 0.15) is 5.75 Å². The summed E-state index contributed by atoms with van der Waals surface area (Å²) in [6.07, 6.45) is -0.970. The largest absolute Gasteiger partial charge is 0.478 e. The number of non-ortho nitro benzene ring substituents is 1. The molecule has 1 rings (SSSR count). The van der Waals surface area contributed by atoms with Crippen LogP contribution in [0.3, 0.4) is 0 Å². The van der Waals surface area contributed by atoms with Gasteiger partial charge in [-0.25, -0.2) is 5.84 Å². The quantitative estimate of drug-likeness (QED) is 0.319. The summed E-state index contributed by atoms with van der Waals surface area (Å²) in [6, 6.07) is 5.49. The standard InChI is InChI=1S/C10H13N3O5/c1-17-6-9(10(14)12-11)18-8-4-2-3-7(5-8)13(15)16/h2-5,9H,6,11H2,1H3,(H,12,14). The number of carbonyl (C=O) groups is 1. The highest BCUT2D eigenvalue weighted by Crippen LogP contribution is 2.20. The number of amides is 1. The van der Waals surface area contributed by atoms with Crippen LogP contribution in [0.4, 0.5) is 5.69 Å². The topological polar surface area (TPSA) is 117 Å². The number of ether oxygens (including phenoxy) is 2. The second-order valence-corrected chi connectivity index (χ2v) is 3.32. The molecule has 0 saturated heterocycles. The van der Waals surface area contributed by atoms with Crippen molar-refractivity contribution in [1.82, 2.24) is 5.43 Å². The monoisotopic (exact) mass is 255 g/mol. The molecule has 0 aliphatic carbocycles. The SMILES string of the molecule is COCC(Oc1cccc([N+](=O)[O-])c1)C(=O)NN.